The standard InChI is InChI=1S/C26H31N5O5S/c1-5-7-8-12-23-27-17(3)24-26(32)28-25(29-31(23)24)21-16-20(13-14-22(21)36-6-2)37(33,34)30-18-10-9-11-19(15-18)35-4/h9-11,13-16,30H,5-8,12H2,1-4H3,(H,28,29,32). The Balaban J connectivity index is 1.80. The number of aromatic amines is 1. The second kappa shape index (κ2) is 11.0. The van der Waals surface area contributed by atoms with Crippen LogP contribution in [0.25, 0.3) is 16.9 Å². The van der Waals surface area contributed by atoms with Crippen LogP contribution in [-0.2, 0) is 16.4 Å². The molecule has 0 spiro atoms. The lowest BCUT2D eigenvalue weighted by Crippen LogP contribution is -2.17. The van der Waals surface area contributed by atoms with Crippen molar-refractivity contribution in [2.75, 3.05) is 18.4 Å². The highest BCUT2D eigenvalue weighted by Crippen LogP contribution is 2.31. The quantitative estimate of drug-likeness (QED) is 0.279. The molecule has 4 rings (SSSR count). The Morgan fingerprint density at radius 3 is 2.65 bits per heavy atom. The topological polar surface area (TPSA) is 128 Å². The summed E-state index contributed by atoms with van der Waals surface area (Å²) >= 11 is 0. The molecule has 0 saturated heterocycles. The first kappa shape index (κ1) is 26.2. The number of nitrogens with one attached hydrogen (secondary N) is 2. The van der Waals surface area contributed by atoms with Gasteiger partial charge in [0.25, 0.3) is 15.6 Å². The molecule has 0 aliphatic rings. The molecule has 0 fully saturated rings. The third-order valence-electron chi connectivity index (χ3n) is 5.88. The predicted octanol–water partition coefficient (Wildman–Crippen LogP) is 4.33. The fourth-order valence-electron chi connectivity index (χ4n) is 4.10. The van der Waals surface area contributed by atoms with E-state index in [0.29, 0.717) is 52.8 Å². The van der Waals surface area contributed by atoms with E-state index in [4.69, 9.17) is 9.47 Å². The summed E-state index contributed by atoms with van der Waals surface area (Å²) in [5.41, 5.74) is 1.31. The zero-order valence-electron chi connectivity index (χ0n) is 21.4. The molecule has 37 heavy (non-hydrogen) atoms. The fraction of sp³-hybridized carbons (Fsp3) is 0.346. The van der Waals surface area contributed by atoms with Crippen molar-refractivity contribution in [3.63, 3.8) is 0 Å². The largest absolute Gasteiger partial charge is 0.497 e. The van der Waals surface area contributed by atoms with Crippen molar-refractivity contribution in [3.8, 4) is 22.9 Å². The maximum atomic E-state index is 13.2. The smallest absolute Gasteiger partial charge is 0.277 e. The van der Waals surface area contributed by atoms with Crippen LogP contribution in [0.5, 0.6) is 11.5 Å². The Kier molecular flexibility index (Phi) is 7.82. The van der Waals surface area contributed by atoms with E-state index < -0.39 is 10.0 Å². The van der Waals surface area contributed by atoms with E-state index >= 15 is 0 Å². The first-order valence-corrected chi connectivity index (χ1v) is 13.7. The van der Waals surface area contributed by atoms with Crippen molar-refractivity contribution in [2.45, 2.75) is 51.3 Å². The monoisotopic (exact) mass is 525 g/mol. The zero-order valence-corrected chi connectivity index (χ0v) is 22.2. The van der Waals surface area contributed by atoms with Crippen LogP contribution >= 0.6 is 0 Å². The second-order valence-corrected chi connectivity index (χ2v) is 10.2. The van der Waals surface area contributed by atoms with Crippen LogP contribution in [0.2, 0.25) is 0 Å². The van der Waals surface area contributed by atoms with Gasteiger partial charge in [0, 0.05) is 12.5 Å². The Morgan fingerprint density at radius 2 is 1.92 bits per heavy atom. The molecule has 0 bridgehead atoms. The van der Waals surface area contributed by atoms with Gasteiger partial charge in [-0.15, -0.1) is 5.10 Å². The predicted molar refractivity (Wildman–Crippen MR) is 142 cm³/mol. The number of nitrogens with zero attached hydrogens (tertiary/aromatic N) is 3. The van der Waals surface area contributed by atoms with Gasteiger partial charge in [0.2, 0.25) is 0 Å². The van der Waals surface area contributed by atoms with Crippen LogP contribution in [0, 0.1) is 6.92 Å². The number of sulfonamides is 1. The Bertz CT molecular complexity index is 1580. The van der Waals surface area contributed by atoms with E-state index in [0.717, 1.165) is 19.3 Å². The average Bonchev–Trinajstić information content (AvgIpc) is 3.20. The highest BCUT2D eigenvalue weighted by Gasteiger charge is 2.21. The molecule has 0 aliphatic heterocycles. The third kappa shape index (κ3) is 5.61. The fourth-order valence-corrected chi connectivity index (χ4v) is 5.17. The second-order valence-electron chi connectivity index (χ2n) is 8.56. The number of fused-ring (bicyclic) bond motifs is 1. The molecule has 2 heterocycles. The highest BCUT2D eigenvalue weighted by molar-refractivity contribution is 7.92. The van der Waals surface area contributed by atoms with E-state index in [1.807, 2.05) is 6.92 Å². The Labute approximate surface area is 215 Å². The van der Waals surface area contributed by atoms with Crippen LogP contribution in [0.3, 0.4) is 0 Å². The summed E-state index contributed by atoms with van der Waals surface area (Å²) in [6.07, 6.45) is 3.70. The van der Waals surface area contributed by atoms with E-state index in [9.17, 15) is 13.2 Å². The number of rotatable bonds is 11. The molecule has 0 aliphatic carbocycles. The van der Waals surface area contributed by atoms with Gasteiger partial charge in [-0.3, -0.25) is 9.52 Å². The molecule has 196 valence electrons. The van der Waals surface area contributed by atoms with Gasteiger partial charge in [0.15, 0.2) is 11.3 Å². The van der Waals surface area contributed by atoms with Gasteiger partial charge in [-0.25, -0.2) is 17.9 Å². The molecule has 0 atom stereocenters. The maximum absolute atomic E-state index is 13.2. The lowest BCUT2D eigenvalue weighted by Gasteiger charge is -2.14. The van der Waals surface area contributed by atoms with E-state index in [-0.39, 0.29) is 16.3 Å². The lowest BCUT2D eigenvalue weighted by atomic mass is 10.2. The van der Waals surface area contributed by atoms with E-state index in [2.05, 4.69) is 26.7 Å². The van der Waals surface area contributed by atoms with E-state index in [1.165, 1.54) is 19.2 Å². The molecule has 10 nitrogen and oxygen atoms in total. The average molecular weight is 526 g/mol. The van der Waals surface area contributed by atoms with Crippen molar-refractivity contribution in [2.24, 2.45) is 0 Å². The number of benzene rings is 2. The normalized spacial score (nSPS) is 11.6. The van der Waals surface area contributed by atoms with Gasteiger partial charge < -0.3 is 14.5 Å². The zero-order chi connectivity index (χ0) is 26.6. The number of aromatic nitrogens is 4. The van der Waals surface area contributed by atoms with Gasteiger partial charge in [-0.2, -0.15) is 0 Å². The molecule has 11 heteroatoms. The summed E-state index contributed by atoms with van der Waals surface area (Å²) in [4.78, 5) is 20.4. The summed E-state index contributed by atoms with van der Waals surface area (Å²) in [6, 6.07) is 11.1. The third-order valence-corrected chi connectivity index (χ3v) is 7.26. The van der Waals surface area contributed by atoms with Gasteiger partial charge in [0.1, 0.15) is 17.3 Å². The summed E-state index contributed by atoms with van der Waals surface area (Å²) < 4.78 is 41.5. The first-order valence-electron chi connectivity index (χ1n) is 12.2. The molecule has 0 unspecified atom stereocenters. The molecule has 0 radical (unpaired) electrons. The van der Waals surface area contributed by atoms with Crippen LogP contribution in [0.15, 0.2) is 52.2 Å². The van der Waals surface area contributed by atoms with Crippen LogP contribution in [0.4, 0.5) is 5.69 Å². The molecule has 2 aromatic heterocycles. The SMILES string of the molecule is CCCCCc1nc(C)c2c(=O)[nH]c(-c3cc(S(=O)(=O)Nc4cccc(OC)c4)ccc3OCC)nn12. The van der Waals surface area contributed by atoms with Crippen molar-refractivity contribution in [3.05, 3.63) is 64.3 Å². The number of imidazole rings is 1. The molecular formula is C26H31N5O5S. The van der Waals surface area contributed by atoms with Crippen molar-refractivity contribution >= 4 is 21.2 Å². The number of aryl methyl sites for hydroxylation is 2. The maximum Gasteiger partial charge on any atom is 0.277 e. The molecule has 2 N–H and O–H groups in total. The van der Waals surface area contributed by atoms with Crippen LogP contribution in [-0.4, -0.2) is 41.7 Å². The summed E-state index contributed by atoms with van der Waals surface area (Å²) in [5.74, 6) is 1.80. The molecule has 2 aromatic carbocycles. The molecule has 0 amide bonds. The number of hydrogen-bond acceptors (Lipinski definition) is 7. The number of hydrogen-bond donors (Lipinski definition) is 2. The number of H-pyrrole nitrogens is 1. The Hall–Kier alpha value is -3.86. The van der Waals surface area contributed by atoms with Crippen molar-refractivity contribution in [1.29, 1.82) is 0 Å². The molecule has 4 aromatic rings. The first-order chi connectivity index (χ1) is 17.8. The number of ether oxygens (including phenoxy) is 2. The summed E-state index contributed by atoms with van der Waals surface area (Å²) in [6.45, 7) is 6.07. The number of methoxy groups -OCH3 is 1. The molecular weight excluding hydrogens is 494 g/mol. The minimum Gasteiger partial charge on any atom is -0.497 e. The molecule has 0 saturated carbocycles. The van der Waals surface area contributed by atoms with E-state index in [1.54, 1.807) is 41.8 Å². The van der Waals surface area contributed by atoms with Gasteiger partial charge in [0.05, 0.1) is 35.6 Å². The van der Waals surface area contributed by atoms with Crippen molar-refractivity contribution in [1.82, 2.24) is 19.6 Å². The van der Waals surface area contributed by atoms with Crippen LogP contribution in [0.1, 0.15) is 44.6 Å². The number of unbranched alkanes of at least 4 members (excludes halogenated alkanes) is 2. The van der Waals surface area contributed by atoms with Gasteiger partial charge in [-0.1, -0.05) is 25.8 Å². The Morgan fingerprint density at radius 1 is 1.11 bits per heavy atom. The minimum atomic E-state index is -3.97. The summed E-state index contributed by atoms with van der Waals surface area (Å²) in [5, 5.41) is 4.67. The van der Waals surface area contributed by atoms with Crippen molar-refractivity contribution < 1.29 is 17.9 Å². The highest BCUT2D eigenvalue weighted by atomic mass is 32.2. The van der Waals surface area contributed by atoms with Gasteiger partial charge >= 0.3 is 0 Å². The lowest BCUT2D eigenvalue weighted by molar-refractivity contribution is 0.341. The van der Waals surface area contributed by atoms with Crippen LogP contribution < -0.4 is 19.8 Å². The summed E-state index contributed by atoms with van der Waals surface area (Å²) in [7, 11) is -2.46. The van der Waals surface area contributed by atoms with Gasteiger partial charge in [-0.05, 0) is 50.6 Å². The number of anilines is 1. The minimum absolute atomic E-state index is 0.0125.